The van der Waals surface area contributed by atoms with E-state index in [9.17, 15) is 0 Å². The van der Waals surface area contributed by atoms with Crippen LogP contribution in [0, 0.1) is 0 Å². The lowest BCUT2D eigenvalue weighted by Crippen LogP contribution is -2.09. The van der Waals surface area contributed by atoms with E-state index < -0.39 is 0 Å². The molecule has 0 radical (unpaired) electrons. The molecule has 0 heterocycles. The zero-order valence-corrected chi connectivity index (χ0v) is 12.4. The Morgan fingerprint density at radius 2 is 1.61 bits per heavy atom. The summed E-state index contributed by atoms with van der Waals surface area (Å²) in [6.07, 6.45) is 16.3. The average molecular weight is 254 g/mol. The smallest absolute Gasteiger partial charge is 0.0978 e. The van der Waals surface area contributed by atoms with Gasteiger partial charge >= 0.3 is 0 Å². The summed E-state index contributed by atoms with van der Waals surface area (Å²) in [6, 6.07) is 0. The van der Waals surface area contributed by atoms with Gasteiger partial charge in [0.25, 0.3) is 0 Å². The summed E-state index contributed by atoms with van der Waals surface area (Å²) in [5.74, 6) is 0. The molecule has 0 aromatic rings. The number of rotatable bonds is 12. The molecular weight excluding hydrogens is 224 g/mol. The first-order chi connectivity index (χ1) is 8.85. The Hall–Kier alpha value is -0.920. The summed E-state index contributed by atoms with van der Waals surface area (Å²) in [4.78, 5) is 0. The molecule has 1 atom stereocenters. The molecular formula is C16H30O2. The molecule has 0 bridgehead atoms. The monoisotopic (exact) mass is 254 g/mol. The normalized spacial score (nSPS) is 13.3. The Balaban J connectivity index is 3.55. The highest BCUT2D eigenvalue weighted by Gasteiger charge is 2.07. The summed E-state index contributed by atoms with van der Waals surface area (Å²) >= 11 is 0. The van der Waals surface area contributed by atoms with E-state index in [0.29, 0.717) is 6.10 Å². The first-order valence-corrected chi connectivity index (χ1v) is 7.34. The van der Waals surface area contributed by atoms with E-state index in [1.807, 2.05) is 32.3 Å². The van der Waals surface area contributed by atoms with Crippen LogP contribution in [0.3, 0.4) is 0 Å². The molecule has 0 aromatic carbocycles. The zero-order chi connectivity index (χ0) is 13.5. The van der Waals surface area contributed by atoms with Gasteiger partial charge in [0, 0.05) is 0 Å². The summed E-state index contributed by atoms with van der Waals surface area (Å²) in [5, 5.41) is 0. The Labute approximate surface area is 113 Å². The molecule has 18 heavy (non-hydrogen) atoms. The lowest BCUT2D eigenvalue weighted by molar-refractivity contribution is 0.120. The van der Waals surface area contributed by atoms with Crippen molar-refractivity contribution in [2.45, 2.75) is 71.8 Å². The van der Waals surface area contributed by atoms with Crippen LogP contribution >= 0.6 is 0 Å². The fourth-order valence-corrected chi connectivity index (χ4v) is 1.80. The van der Waals surface area contributed by atoms with Crippen molar-refractivity contribution in [3.05, 3.63) is 24.7 Å². The highest BCUT2D eigenvalue weighted by atomic mass is 16.5. The number of hydrogen-bond donors (Lipinski definition) is 0. The SMILES string of the molecule is CC=COCCCCCC(CCCC)OC=CC. The number of unbranched alkanes of at least 4 members (excludes halogenated alkanes) is 3. The predicted molar refractivity (Wildman–Crippen MR) is 78.4 cm³/mol. The average Bonchev–Trinajstić information content (AvgIpc) is 2.40. The summed E-state index contributed by atoms with van der Waals surface area (Å²) in [5.41, 5.74) is 0. The van der Waals surface area contributed by atoms with E-state index in [2.05, 4.69) is 6.92 Å². The van der Waals surface area contributed by atoms with E-state index in [0.717, 1.165) is 19.4 Å². The summed E-state index contributed by atoms with van der Waals surface area (Å²) in [6.45, 7) is 7.03. The maximum atomic E-state index is 5.72. The van der Waals surface area contributed by atoms with Gasteiger partial charge in [-0.2, -0.15) is 0 Å². The molecule has 0 saturated heterocycles. The van der Waals surface area contributed by atoms with Gasteiger partial charge in [-0.05, 0) is 46.0 Å². The third kappa shape index (κ3) is 11.6. The second-order valence-corrected chi connectivity index (χ2v) is 4.56. The van der Waals surface area contributed by atoms with E-state index in [1.165, 1.54) is 32.1 Å². The lowest BCUT2D eigenvalue weighted by atomic mass is 10.1. The van der Waals surface area contributed by atoms with Crippen molar-refractivity contribution in [1.29, 1.82) is 0 Å². The minimum atomic E-state index is 0.401. The Morgan fingerprint density at radius 3 is 2.28 bits per heavy atom. The molecule has 0 saturated carbocycles. The van der Waals surface area contributed by atoms with Crippen LogP contribution in [0.1, 0.15) is 65.7 Å². The molecule has 0 aromatic heterocycles. The van der Waals surface area contributed by atoms with Crippen LogP contribution in [0.25, 0.3) is 0 Å². The van der Waals surface area contributed by atoms with Crippen molar-refractivity contribution in [3.8, 4) is 0 Å². The summed E-state index contributed by atoms with van der Waals surface area (Å²) < 4.78 is 11.0. The lowest BCUT2D eigenvalue weighted by Gasteiger charge is -2.16. The zero-order valence-electron chi connectivity index (χ0n) is 12.4. The van der Waals surface area contributed by atoms with E-state index in [-0.39, 0.29) is 0 Å². The third-order valence-electron chi connectivity index (χ3n) is 2.81. The van der Waals surface area contributed by atoms with Crippen LogP contribution in [0.4, 0.5) is 0 Å². The quantitative estimate of drug-likeness (QED) is 0.352. The van der Waals surface area contributed by atoms with Crippen molar-refractivity contribution in [3.63, 3.8) is 0 Å². The molecule has 1 unspecified atom stereocenters. The number of ether oxygens (including phenoxy) is 2. The van der Waals surface area contributed by atoms with Crippen LogP contribution in [0.2, 0.25) is 0 Å². The second-order valence-electron chi connectivity index (χ2n) is 4.56. The molecule has 106 valence electrons. The molecule has 2 heteroatoms. The largest absolute Gasteiger partial charge is 0.502 e. The molecule has 2 nitrogen and oxygen atoms in total. The van der Waals surface area contributed by atoms with E-state index >= 15 is 0 Å². The first-order valence-electron chi connectivity index (χ1n) is 7.34. The Kier molecular flexibility index (Phi) is 13.4. The van der Waals surface area contributed by atoms with Gasteiger partial charge in [-0.15, -0.1) is 0 Å². The third-order valence-corrected chi connectivity index (χ3v) is 2.81. The van der Waals surface area contributed by atoms with Crippen LogP contribution < -0.4 is 0 Å². The Morgan fingerprint density at radius 1 is 0.889 bits per heavy atom. The highest BCUT2D eigenvalue weighted by molar-refractivity contribution is 4.70. The molecule has 0 amide bonds. The molecule has 0 aliphatic rings. The van der Waals surface area contributed by atoms with Gasteiger partial charge in [-0.1, -0.05) is 31.9 Å². The maximum absolute atomic E-state index is 5.72. The van der Waals surface area contributed by atoms with Crippen molar-refractivity contribution in [2.75, 3.05) is 6.61 Å². The second kappa shape index (κ2) is 14.1. The van der Waals surface area contributed by atoms with Crippen molar-refractivity contribution < 1.29 is 9.47 Å². The molecule has 0 rings (SSSR count). The topological polar surface area (TPSA) is 18.5 Å². The van der Waals surface area contributed by atoms with Gasteiger partial charge in [0.05, 0.1) is 25.2 Å². The van der Waals surface area contributed by atoms with Crippen molar-refractivity contribution >= 4 is 0 Å². The van der Waals surface area contributed by atoms with Gasteiger partial charge in [0.15, 0.2) is 0 Å². The number of hydrogen-bond acceptors (Lipinski definition) is 2. The Bertz CT molecular complexity index is 209. The van der Waals surface area contributed by atoms with Crippen molar-refractivity contribution in [2.24, 2.45) is 0 Å². The van der Waals surface area contributed by atoms with Crippen molar-refractivity contribution in [1.82, 2.24) is 0 Å². The minimum absolute atomic E-state index is 0.401. The molecule has 0 spiro atoms. The maximum Gasteiger partial charge on any atom is 0.0978 e. The van der Waals surface area contributed by atoms with Crippen LogP contribution in [-0.2, 0) is 9.47 Å². The molecule has 0 aliphatic heterocycles. The van der Waals surface area contributed by atoms with Gasteiger partial charge in [0.2, 0.25) is 0 Å². The van der Waals surface area contributed by atoms with E-state index in [4.69, 9.17) is 9.47 Å². The predicted octanol–water partition coefficient (Wildman–Crippen LogP) is 5.21. The van der Waals surface area contributed by atoms with Gasteiger partial charge in [0.1, 0.15) is 0 Å². The molecule has 0 fully saturated rings. The molecule has 0 N–H and O–H groups in total. The first kappa shape index (κ1) is 17.1. The van der Waals surface area contributed by atoms with Gasteiger partial charge < -0.3 is 9.47 Å². The standard InChI is InChI=1S/C16H30O2/c1-4-7-11-16(18-14-6-3)12-9-8-10-15-17-13-5-2/h5-6,13-14,16H,4,7-12,15H2,1-3H3. The van der Waals surface area contributed by atoms with Crippen LogP contribution in [0.5, 0.6) is 0 Å². The summed E-state index contributed by atoms with van der Waals surface area (Å²) in [7, 11) is 0. The van der Waals surface area contributed by atoms with Crippen LogP contribution in [-0.4, -0.2) is 12.7 Å². The van der Waals surface area contributed by atoms with Gasteiger partial charge in [-0.3, -0.25) is 0 Å². The highest BCUT2D eigenvalue weighted by Crippen LogP contribution is 2.13. The van der Waals surface area contributed by atoms with Crippen LogP contribution in [0.15, 0.2) is 24.7 Å². The minimum Gasteiger partial charge on any atom is -0.502 e. The fraction of sp³-hybridized carbons (Fsp3) is 0.750. The van der Waals surface area contributed by atoms with E-state index in [1.54, 1.807) is 6.26 Å². The molecule has 0 aliphatic carbocycles. The fourth-order valence-electron chi connectivity index (χ4n) is 1.80. The number of allylic oxidation sites excluding steroid dienone is 2. The van der Waals surface area contributed by atoms with Gasteiger partial charge in [-0.25, -0.2) is 0 Å².